The number of aryl methyl sites for hydroxylation is 1. The Morgan fingerprint density at radius 2 is 1.45 bits per heavy atom. The van der Waals surface area contributed by atoms with E-state index in [-0.39, 0.29) is 5.43 Å². The van der Waals surface area contributed by atoms with Gasteiger partial charge in [0.25, 0.3) is 0 Å². The Morgan fingerprint density at radius 3 is 2.20 bits per heavy atom. The van der Waals surface area contributed by atoms with E-state index in [4.69, 9.17) is 0 Å². The standard InChI is InChI=1S/C18H14OS/c1-13-7-5-6-10-16(13)18-12-15(19)11-17(20-18)14-8-3-2-4-9-14/h2-12H,1H3. The van der Waals surface area contributed by atoms with Crippen LogP contribution in [-0.4, -0.2) is 0 Å². The van der Waals surface area contributed by atoms with E-state index in [1.165, 1.54) is 5.56 Å². The van der Waals surface area contributed by atoms with Gasteiger partial charge >= 0.3 is 0 Å². The van der Waals surface area contributed by atoms with Crippen LogP contribution in [0.3, 0.4) is 0 Å². The summed E-state index contributed by atoms with van der Waals surface area (Å²) in [5, 5.41) is 0. The Bertz CT molecular complexity index is 788. The second-order valence-electron chi connectivity index (χ2n) is 4.70. The van der Waals surface area contributed by atoms with Crippen LogP contribution in [-0.2, 0) is 0 Å². The van der Waals surface area contributed by atoms with Gasteiger partial charge < -0.3 is 0 Å². The van der Waals surface area contributed by atoms with Crippen molar-refractivity contribution in [3.05, 3.63) is 82.5 Å². The Morgan fingerprint density at radius 1 is 0.800 bits per heavy atom. The Hall–Kier alpha value is -2.19. The van der Waals surface area contributed by atoms with Crippen LogP contribution < -0.4 is 5.43 Å². The maximum absolute atomic E-state index is 12.0. The third kappa shape index (κ3) is 2.56. The third-order valence-electron chi connectivity index (χ3n) is 3.24. The van der Waals surface area contributed by atoms with Crippen molar-refractivity contribution in [3.8, 4) is 20.9 Å². The summed E-state index contributed by atoms with van der Waals surface area (Å²) in [6.07, 6.45) is 0. The van der Waals surface area contributed by atoms with Gasteiger partial charge in [0.2, 0.25) is 0 Å². The van der Waals surface area contributed by atoms with Gasteiger partial charge in [-0.1, -0.05) is 54.6 Å². The molecule has 0 amide bonds. The van der Waals surface area contributed by atoms with E-state index in [9.17, 15) is 4.79 Å². The smallest absolute Gasteiger partial charge is 0.181 e. The van der Waals surface area contributed by atoms with Gasteiger partial charge in [-0.3, -0.25) is 4.79 Å². The van der Waals surface area contributed by atoms with Crippen LogP contribution in [0.15, 0.2) is 71.5 Å². The normalized spacial score (nSPS) is 10.4. The highest BCUT2D eigenvalue weighted by molar-refractivity contribution is 7.18. The van der Waals surface area contributed by atoms with Crippen LogP contribution in [0, 0.1) is 6.92 Å². The molecule has 0 radical (unpaired) electrons. The van der Waals surface area contributed by atoms with E-state index in [0.717, 1.165) is 20.9 Å². The summed E-state index contributed by atoms with van der Waals surface area (Å²) in [6, 6.07) is 21.6. The summed E-state index contributed by atoms with van der Waals surface area (Å²) in [5.74, 6) is 0. The molecule has 0 spiro atoms. The zero-order chi connectivity index (χ0) is 13.9. The van der Waals surface area contributed by atoms with Crippen LogP contribution >= 0.6 is 11.3 Å². The van der Waals surface area contributed by atoms with Gasteiger partial charge in [-0.2, -0.15) is 0 Å². The van der Waals surface area contributed by atoms with Crippen molar-refractivity contribution in [3.63, 3.8) is 0 Å². The molecule has 2 aromatic carbocycles. The van der Waals surface area contributed by atoms with Crippen molar-refractivity contribution in [2.24, 2.45) is 0 Å². The second-order valence-corrected chi connectivity index (χ2v) is 5.79. The predicted molar refractivity (Wildman–Crippen MR) is 86.2 cm³/mol. The molecule has 3 aromatic rings. The van der Waals surface area contributed by atoms with Crippen LogP contribution in [0.1, 0.15) is 5.56 Å². The maximum Gasteiger partial charge on any atom is 0.181 e. The summed E-state index contributed by atoms with van der Waals surface area (Å²) >= 11 is 1.66. The minimum atomic E-state index is 0.0563. The third-order valence-corrected chi connectivity index (χ3v) is 4.37. The average molecular weight is 278 g/mol. The van der Waals surface area contributed by atoms with Crippen molar-refractivity contribution < 1.29 is 0 Å². The second kappa shape index (κ2) is 5.43. The first kappa shape index (κ1) is 12.8. The first-order valence-electron chi connectivity index (χ1n) is 6.51. The first-order valence-corrected chi connectivity index (χ1v) is 7.32. The summed E-state index contributed by atoms with van der Waals surface area (Å²) in [7, 11) is 0. The largest absolute Gasteiger partial charge is 0.290 e. The van der Waals surface area contributed by atoms with Crippen molar-refractivity contribution in [1.29, 1.82) is 0 Å². The summed E-state index contributed by atoms with van der Waals surface area (Å²) < 4.78 is 0. The lowest BCUT2D eigenvalue weighted by atomic mass is 10.1. The van der Waals surface area contributed by atoms with Gasteiger partial charge in [0.15, 0.2) is 5.43 Å². The topological polar surface area (TPSA) is 17.1 Å². The summed E-state index contributed by atoms with van der Waals surface area (Å²) in [4.78, 5) is 14.0. The van der Waals surface area contributed by atoms with Crippen molar-refractivity contribution in [2.45, 2.75) is 6.92 Å². The van der Waals surface area contributed by atoms with Crippen LogP contribution in [0.4, 0.5) is 0 Å². The Balaban J connectivity index is 2.18. The van der Waals surface area contributed by atoms with Gasteiger partial charge in [0.1, 0.15) is 0 Å². The number of benzene rings is 2. The Kier molecular flexibility index (Phi) is 3.48. The van der Waals surface area contributed by atoms with Crippen LogP contribution in [0.25, 0.3) is 20.9 Å². The van der Waals surface area contributed by atoms with E-state index in [1.54, 1.807) is 23.5 Å². The maximum atomic E-state index is 12.0. The quantitative estimate of drug-likeness (QED) is 0.661. The van der Waals surface area contributed by atoms with E-state index in [1.807, 2.05) is 42.5 Å². The molecule has 98 valence electrons. The molecule has 0 aliphatic carbocycles. The molecule has 0 saturated carbocycles. The fraction of sp³-hybridized carbons (Fsp3) is 0.0556. The molecule has 0 saturated heterocycles. The van der Waals surface area contributed by atoms with Crippen molar-refractivity contribution in [2.75, 3.05) is 0 Å². The molecule has 0 fully saturated rings. The fourth-order valence-electron chi connectivity index (χ4n) is 2.20. The summed E-state index contributed by atoms with van der Waals surface area (Å²) in [6.45, 7) is 2.07. The number of hydrogen-bond donors (Lipinski definition) is 0. The molecular weight excluding hydrogens is 264 g/mol. The molecule has 0 aliphatic rings. The van der Waals surface area contributed by atoms with E-state index >= 15 is 0 Å². The van der Waals surface area contributed by atoms with Gasteiger partial charge in [-0.15, -0.1) is 11.3 Å². The number of rotatable bonds is 2. The summed E-state index contributed by atoms with van der Waals surface area (Å²) in [5.41, 5.74) is 3.46. The van der Waals surface area contributed by atoms with Gasteiger partial charge in [-0.05, 0) is 23.6 Å². The number of hydrogen-bond acceptors (Lipinski definition) is 2. The van der Waals surface area contributed by atoms with Gasteiger partial charge in [0, 0.05) is 21.9 Å². The minimum Gasteiger partial charge on any atom is -0.290 e. The molecule has 0 aliphatic heterocycles. The van der Waals surface area contributed by atoms with E-state index < -0.39 is 0 Å². The highest BCUT2D eigenvalue weighted by atomic mass is 32.1. The molecule has 20 heavy (non-hydrogen) atoms. The monoisotopic (exact) mass is 278 g/mol. The molecule has 0 unspecified atom stereocenters. The molecule has 2 heteroatoms. The molecule has 3 rings (SSSR count). The molecule has 0 N–H and O–H groups in total. The van der Waals surface area contributed by atoms with Crippen LogP contribution in [0.2, 0.25) is 0 Å². The highest BCUT2D eigenvalue weighted by Gasteiger charge is 2.06. The Labute approximate surface area is 122 Å². The van der Waals surface area contributed by atoms with E-state index in [2.05, 4.69) is 19.1 Å². The molecule has 0 atom stereocenters. The zero-order valence-corrected chi connectivity index (χ0v) is 12.0. The predicted octanol–water partition coefficient (Wildman–Crippen LogP) is 4.75. The zero-order valence-electron chi connectivity index (χ0n) is 11.2. The lowest BCUT2D eigenvalue weighted by Gasteiger charge is -2.07. The van der Waals surface area contributed by atoms with Crippen LogP contribution in [0.5, 0.6) is 0 Å². The lowest BCUT2D eigenvalue weighted by Crippen LogP contribution is -1.97. The molecule has 1 nitrogen and oxygen atoms in total. The SMILES string of the molecule is Cc1ccccc1-c1cc(=O)cc(-c2ccccc2)s1. The first-order chi connectivity index (χ1) is 9.74. The molecular formula is C18H14OS. The highest BCUT2D eigenvalue weighted by Crippen LogP contribution is 2.32. The average Bonchev–Trinajstić information content (AvgIpc) is 2.48. The minimum absolute atomic E-state index is 0.0563. The van der Waals surface area contributed by atoms with Gasteiger partial charge in [-0.25, -0.2) is 0 Å². The molecule has 1 aromatic heterocycles. The van der Waals surface area contributed by atoms with Crippen molar-refractivity contribution >= 4 is 11.3 Å². The van der Waals surface area contributed by atoms with Gasteiger partial charge in [0.05, 0.1) is 0 Å². The van der Waals surface area contributed by atoms with Crippen molar-refractivity contribution in [1.82, 2.24) is 0 Å². The van der Waals surface area contributed by atoms with E-state index in [0.29, 0.717) is 0 Å². The molecule has 0 bridgehead atoms. The fourth-order valence-corrected chi connectivity index (χ4v) is 3.38. The molecule has 1 heterocycles. The lowest BCUT2D eigenvalue weighted by molar-refractivity contribution is 1.47.